The zero-order valence-corrected chi connectivity index (χ0v) is 21.5. The van der Waals surface area contributed by atoms with E-state index in [9.17, 15) is 4.39 Å². The van der Waals surface area contributed by atoms with Crippen LogP contribution >= 0.6 is 0 Å². The first-order valence-corrected chi connectivity index (χ1v) is 14.2. The molecule has 0 radical (unpaired) electrons. The second kappa shape index (κ2) is 15.2. The Balaban J connectivity index is 1.26. The first kappa shape index (κ1) is 26.7. The zero-order valence-electron chi connectivity index (χ0n) is 21.5. The maximum Gasteiger partial charge on any atom is 0.199 e. The van der Waals surface area contributed by atoms with Crippen molar-refractivity contribution < 1.29 is 4.39 Å². The highest BCUT2D eigenvalue weighted by Crippen LogP contribution is 2.42. The molecule has 2 heteroatoms. The van der Waals surface area contributed by atoms with E-state index < -0.39 is 5.83 Å². The van der Waals surface area contributed by atoms with E-state index in [4.69, 9.17) is 5.26 Å². The molecule has 2 fully saturated rings. The number of halogens is 1. The van der Waals surface area contributed by atoms with Crippen LogP contribution in [0.5, 0.6) is 0 Å². The van der Waals surface area contributed by atoms with Gasteiger partial charge in [0.15, 0.2) is 5.83 Å². The first-order valence-electron chi connectivity index (χ1n) is 14.2. The fraction of sp³-hybridized carbons (Fsp3) is 0.656. The number of nitrogens with zero attached hydrogens (tertiary/aromatic N) is 1. The van der Waals surface area contributed by atoms with Crippen molar-refractivity contribution >= 4 is 0 Å². The smallest absolute Gasteiger partial charge is 0.195 e. The lowest BCUT2D eigenvalue weighted by Crippen LogP contribution is -2.25. The van der Waals surface area contributed by atoms with Crippen LogP contribution in [-0.4, -0.2) is 0 Å². The molecular formula is C32H46FN. The van der Waals surface area contributed by atoms with Crippen molar-refractivity contribution in [2.45, 2.75) is 110 Å². The van der Waals surface area contributed by atoms with Gasteiger partial charge in [-0.15, -0.1) is 0 Å². The molecule has 2 aliphatic rings. The van der Waals surface area contributed by atoms with Gasteiger partial charge in [0.1, 0.15) is 6.07 Å². The van der Waals surface area contributed by atoms with Crippen molar-refractivity contribution in [3.05, 3.63) is 59.4 Å². The van der Waals surface area contributed by atoms with Crippen LogP contribution in [0.25, 0.3) is 0 Å². The summed E-state index contributed by atoms with van der Waals surface area (Å²) in [5.74, 6) is 2.66. The minimum atomic E-state index is -0.700. The Bertz CT molecular complexity index is 783. The van der Waals surface area contributed by atoms with Crippen molar-refractivity contribution in [2.75, 3.05) is 0 Å². The molecule has 0 unspecified atom stereocenters. The second-order valence-electron chi connectivity index (χ2n) is 11.0. The molecule has 0 atom stereocenters. The van der Waals surface area contributed by atoms with Crippen LogP contribution in [0.4, 0.5) is 4.39 Å². The number of nitriles is 1. The predicted octanol–water partition coefficient (Wildman–Crippen LogP) is 9.68. The Hall–Kier alpha value is -1.88. The fourth-order valence-electron chi connectivity index (χ4n) is 6.31. The number of hydrogen-bond acceptors (Lipinski definition) is 1. The normalized spacial score (nSPS) is 26.0. The number of aryl methyl sites for hydroxylation is 2. The van der Waals surface area contributed by atoms with Gasteiger partial charge in [0, 0.05) is 0 Å². The molecule has 0 N–H and O–H groups in total. The molecule has 186 valence electrons. The molecule has 0 saturated heterocycles. The summed E-state index contributed by atoms with van der Waals surface area (Å²) in [4.78, 5) is 0. The summed E-state index contributed by atoms with van der Waals surface area (Å²) in [6, 6.07) is 10.9. The quantitative estimate of drug-likeness (QED) is 0.172. The van der Waals surface area contributed by atoms with Crippen molar-refractivity contribution in [2.24, 2.45) is 23.7 Å². The molecule has 1 aromatic carbocycles. The molecule has 2 saturated carbocycles. The van der Waals surface area contributed by atoms with Crippen molar-refractivity contribution in [3.63, 3.8) is 0 Å². The standard InChI is InChI=1S/C32H46FN/c1-2-3-4-8-26-13-15-27(16-14-26)9-5-6-10-28-17-21-30(22-18-28)31-23-19-29(20-24-31)11-7-12-32(33)25-34/h7,11-16,28-31H,2-6,8-10,17-24H2,1H3/b11-7+,32-12-/t28-,29?,30-,31?. The van der Waals surface area contributed by atoms with E-state index in [0.29, 0.717) is 5.92 Å². The van der Waals surface area contributed by atoms with Gasteiger partial charge in [0.25, 0.3) is 0 Å². The number of allylic oxidation sites excluding steroid dienone is 4. The highest BCUT2D eigenvalue weighted by Gasteiger charge is 2.30. The van der Waals surface area contributed by atoms with Gasteiger partial charge in [0.2, 0.25) is 0 Å². The number of benzene rings is 1. The Morgan fingerprint density at radius 2 is 1.41 bits per heavy atom. The number of hydrogen-bond donors (Lipinski definition) is 0. The van der Waals surface area contributed by atoms with Crippen LogP contribution in [0.2, 0.25) is 0 Å². The average Bonchev–Trinajstić information content (AvgIpc) is 2.88. The molecular weight excluding hydrogens is 417 g/mol. The Morgan fingerprint density at radius 1 is 0.853 bits per heavy atom. The Morgan fingerprint density at radius 3 is 1.97 bits per heavy atom. The van der Waals surface area contributed by atoms with E-state index in [1.165, 1.54) is 126 Å². The lowest BCUT2D eigenvalue weighted by Gasteiger charge is -2.37. The second-order valence-corrected chi connectivity index (χ2v) is 11.0. The third kappa shape index (κ3) is 9.40. The van der Waals surface area contributed by atoms with E-state index in [0.717, 1.165) is 17.8 Å². The molecule has 0 amide bonds. The predicted molar refractivity (Wildman–Crippen MR) is 142 cm³/mol. The van der Waals surface area contributed by atoms with E-state index >= 15 is 0 Å². The van der Waals surface area contributed by atoms with Gasteiger partial charge in [-0.25, -0.2) is 0 Å². The third-order valence-electron chi connectivity index (χ3n) is 8.53. The molecule has 3 rings (SSSR count). The summed E-state index contributed by atoms with van der Waals surface area (Å²) in [7, 11) is 0. The summed E-state index contributed by atoms with van der Waals surface area (Å²) in [6.07, 6.45) is 26.5. The molecule has 0 bridgehead atoms. The van der Waals surface area contributed by atoms with E-state index in [1.54, 1.807) is 6.08 Å². The maximum absolute atomic E-state index is 12.9. The lowest BCUT2D eigenvalue weighted by atomic mass is 9.68. The molecule has 2 aliphatic carbocycles. The molecule has 34 heavy (non-hydrogen) atoms. The average molecular weight is 464 g/mol. The molecule has 0 aromatic heterocycles. The fourth-order valence-corrected chi connectivity index (χ4v) is 6.31. The highest BCUT2D eigenvalue weighted by atomic mass is 19.1. The SMILES string of the molecule is CCCCCc1ccc(CCCC[C@H]2CC[C@H](C3CCC(/C=C/C=C(\F)C#N)CC3)CC2)cc1. The summed E-state index contributed by atoms with van der Waals surface area (Å²) < 4.78 is 12.9. The van der Waals surface area contributed by atoms with E-state index in [1.807, 2.05) is 0 Å². The van der Waals surface area contributed by atoms with Gasteiger partial charge >= 0.3 is 0 Å². The van der Waals surface area contributed by atoms with E-state index in [-0.39, 0.29) is 0 Å². The lowest BCUT2D eigenvalue weighted by molar-refractivity contribution is 0.151. The number of unbranched alkanes of at least 4 members (excludes halogenated alkanes) is 3. The zero-order chi connectivity index (χ0) is 24.0. The molecule has 0 spiro atoms. The van der Waals surface area contributed by atoms with Crippen LogP contribution in [0.1, 0.15) is 108 Å². The van der Waals surface area contributed by atoms with Crippen molar-refractivity contribution in [3.8, 4) is 6.07 Å². The van der Waals surface area contributed by atoms with Gasteiger partial charge in [-0.3, -0.25) is 0 Å². The van der Waals surface area contributed by atoms with Crippen molar-refractivity contribution in [1.29, 1.82) is 5.26 Å². The molecule has 1 aromatic rings. The Labute approximate surface area is 208 Å². The van der Waals surface area contributed by atoms with Gasteiger partial charge in [-0.2, -0.15) is 9.65 Å². The van der Waals surface area contributed by atoms with E-state index in [2.05, 4.69) is 37.3 Å². The third-order valence-corrected chi connectivity index (χ3v) is 8.53. The Kier molecular flexibility index (Phi) is 11.9. The van der Waals surface area contributed by atoms with Crippen LogP contribution in [0.3, 0.4) is 0 Å². The summed E-state index contributed by atoms with van der Waals surface area (Å²) in [5.41, 5.74) is 3.02. The molecule has 1 nitrogen and oxygen atoms in total. The van der Waals surface area contributed by atoms with Gasteiger partial charge in [0.05, 0.1) is 0 Å². The van der Waals surface area contributed by atoms with Crippen LogP contribution in [0, 0.1) is 35.0 Å². The summed E-state index contributed by atoms with van der Waals surface area (Å²) in [5, 5.41) is 8.49. The van der Waals surface area contributed by atoms with Gasteiger partial charge in [-0.1, -0.05) is 81.9 Å². The molecule has 0 heterocycles. The van der Waals surface area contributed by atoms with Crippen LogP contribution in [-0.2, 0) is 12.8 Å². The minimum Gasteiger partial charge on any atom is -0.195 e. The van der Waals surface area contributed by atoms with Crippen LogP contribution in [0.15, 0.2) is 48.3 Å². The summed E-state index contributed by atoms with van der Waals surface area (Å²) >= 11 is 0. The largest absolute Gasteiger partial charge is 0.199 e. The van der Waals surface area contributed by atoms with Gasteiger partial charge in [-0.05, 0) is 105 Å². The van der Waals surface area contributed by atoms with Crippen molar-refractivity contribution in [1.82, 2.24) is 0 Å². The van der Waals surface area contributed by atoms with Crippen LogP contribution < -0.4 is 0 Å². The highest BCUT2D eigenvalue weighted by molar-refractivity contribution is 5.22. The van der Waals surface area contributed by atoms with Gasteiger partial charge < -0.3 is 0 Å². The number of rotatable bonds is 12. The maximum atomic E-state index is 12.9. The molecule has 0 aliphatic heterocycles. The first-order chi connectivity index (χ1) is 16.7. The minimum absolute atomic E-state index is 0.563. The monoisotopic (exact) mass is 463 g/mol. The summed E-state index contributed by atoms with van der Waals surface area (Å²) in [6.45, 7) is 2.27. The topological polar surface area (TPSA) is 23.8 Å².